The largest absolute Gasteiger partial charge is 0.495 e. The fourth-order valence-electron chi connectivity index (χ4n) is 1.79. The molecule has 21 heavy (non-hydrogen) atoms. The molecule has 0 saturated heterocycles. The summed E-state index contributed by atoms with van der Waals surface area (Å²) in [5.74, 6) is 2.75. The highest BCUT2D eigenvalue weighted by molar-refractivity contribution is 7.98. The van der Waals surface area contributed by atoms with E-state index >= 15 is 0 Å². The van der Waals surface area contributed by atoms with Crippen LogP contribution in [0.25, 0.3) is 0 Å². The number of nitrogens with zero attached hydrogens (tertiary/aromatic N) is 2. The van der Waals surface area contributed by atoms with Crippen LogP contribution in [0.1, 0.15) is 5.69 Å². The molecule has 0 aliphatic heterocycles. The van der Waals surface area contributed by atoms with Gasteiger partial charge in [0.2, 0.25) is 0 Å². The van der Waals surface area contributed by atoms with Crippen molar-refractivity contribution in [3.63, 3.8) is 0 Å². The van der Waals surface area contributed by atoms with Crippen LogP contribution in [-0.4, -0.2) is 34.3 Å². The molecule has 0 aliphatic carbocycles. The number of H-pyrrole nitrogens is 1. The van der Waals surface area contributed by atoms with Crippen LogP contribution in [0.15, 0.2) is 30.6 Å². The van der Waals surface area contributed by atoms with Crippen LogP contribution in [0.2, 0.25) is 0 Å². The number of rotatable bonds is 8. The summed E-state index contributed by atoms with van der Waals surface area (Å²) in [5, 5.41) is 13.8. The lowest BCUT2D eigenvalue weighted by atomic mass is 10.3. The van der Waals surface area contributed by atoms with E-state index in [0.717, 1.165) is 22.9 Å². The number of anilines is 1. The third-order valence-corrected chi connectivity index (χ3v) is 3.75. The van der Waals surface area contributed by atoms with E-state index in [2.05, 4.69) is 15.3 Å². The normalized spacial score (nSPS) is 10.3. The van der Waals surface area contributed by atoms with Crippen LogP contribution in [-0.2, 0) is 5.75 Å². The maximum absolute atomic E-state index is 10.7. The third kappa shape index (κ3) is 4.12. The van der Waals surface area contributed by atoms with Gasteiger partial charge in [-0.3, -0.25) is 15.1 Å². The van der Waals surface area contributed by atoms with E-state index in [1.54, 1.807) is 31.3 Å². The molecule has 0 aromatic carbocycles. The Balaban J connectivity index is 1.75. The molecule has 2 aromatic heterocycles. The van der Waals surface area contributed by atoms with Gasteiger partial charge in [0.05, 0.1) is 17.7 Å². The standard InChI is InChI=1S/C13H16N4O3S/c1-20-12-3-2-5-14-10(12)9-21-8-7-16-13-11(17(18)19)4-6-15-13/h2-6,15-16H,7-9H2,1H3. The van der Waals surface area contributed by atoms with Crippen LogP contribution in [0.4, 0.5) is 11.5 Å². The van der Waals surface area contributed by atoms with E-state index in [1.807, 2.05) is 12.1 Å². The molecule has 2 rings (SSSR count). The molecular weight excluding hydrogens is 292 g/mol. The highest BCUT2D eigenvalue weighted by atomic mass is 32.2. The lowest BCUT2D eigenvalue weighted by Crippen LogP contribution is -2.06. The minimum Gasteiger partial charge on any atom is -0.495 e. The molecule has 2 N–H and O–H groups in total. The molecule has 0 radical (unpaired) electrons. The number of hydrogen-bond acceptors (Lipinski definition) is 6. The fourth-order valence-corrected chi connectivity index (χ4v) is 2.59. The molecule has 2 heterocycles. The summed E-state index contributed by atoms with van der Waals surface area (Å²) in [6.07, 6.45) is 3.28. The zero-order valence-corrected chi connectivity index (χ0v) is 12.4. The second-order valence-electron chi connectivity index (χ2n) is 4.13. The number of ether oxygens (including phenoxy) is 1. The number of methoxy groups -OCH3 is 1. The lowest BCUT2D eigenvalue weighted by molar-refractivity contribution is -0.383. The smallest absolute Gasteiger partial charge is 0.310 e. The Morgan fingerprint density at radius 2 is 2.38 bits per heavy atom. The summed E-state index contributed by atoms with van der Waals surface area (Å²) in [4.78, 5) is 17.4. The van der Waals surface area contributed by atoms with Crippen molar-refractivity contribution in [3.05, 3.63) is 46.4 Å². The van der Waals surface area contributed by atoms with E-state index in [9.17, 15) is 10.1 Å². The van der Waals surface area contributed by atoms with Crippen molar-refractivity contribution in [2.24, 2.45) is 0 Å². The predicted molar refractivity (Wildman–Crippen MR) is 82.9 cm³/mol. The van der Waals surface area contributed by atoms with Gasteiger partial charge in [0.25, 0.3) is 0 Å². The van der Waals surface area contributed by atoms with E-state index in [-0.39, 0.29) is 5.69 Å². The van der Waals surface area contributed by atoms with Crippen molar-refractivity contribution in [2.45, 2.75) is 5.75 Å². The molecule has 0 spiro atoms. The quantitative estimate of drug-likeness (QED) is 0.442. The van der Waals surface area contributed by atoms with Gasteiger partial charge in [-0.25, -0.2) is 0 Å². The highest BCUT2D eigenvalue weighted by Gasteiger charge is 2.13. The topological polar surface area (TPSA) is 93.1 Å². The number of hydrogen-bond donors (Lipinski definition) is 2. The monoisotopic (exact) mass is 308 g/mol. The van der Waals surface area contributed by atoms with Crippen molar-refractivity contribution in [1.82, 2.24) is 9.97 Å². The molecule has 0 bridgehead atoms. The van der Waals surface area contributed by atoms with Gasteiger partial charge in [-0.05, 0) is 12.1 Å². The molecule has 2 aromatic rings. The van der Waals surface area contributed by atoms with E-state index in [1.165, 1.54) is 6.07 Å². The van der Waals surface area contributed by atoms with Gasteiger partial charge in [-0.2, -0.15) is 11.8 Å². The average Bonchev–Trinajstić information content (AvgIpc) is 2.96. The summed E-state index contributed by atoms with van der Waals surface area (Å²) in [6, 6.07) is 5.15. The first-order chi connectivity index (χ1) is 10.2. The summed E-state index contributed by atoms with van der Waals surface area (Å²) in [7, 11) is 1.62. The minimum absolute atomic E-state index is 0.0615. The molecule has 0 amide bonds. The van der Waals surface area contributed by atoms with Crippen LogP contribution in [0.5, 0.6) is 5.75 Å². The van der Waals surface area contributed by atoms with E-state index in [4.69, 9.17) is 4.74 Å². The molecule has 0 saturated carbocycles. The Hall–Kier alpha value is -2.22. The van der Waals surface area contributed by atoms with Gasteiger partial charge >= 0.3 is 5.69 Å². The Morgan fingerprint density at radius 3 is 3.14 bits per heavy atom. The van der Waals surface area contributed by atoms with Crippen LogP contribution >= 0.6 is 11.8 Å². The zero-order chi connectivity index (χ0) is 15.1. The molecule has 0 fully saturated rings. The molecule has 8 heteroatoms. The number of nitrogens with one attached hydrogen (secondary N) is 2. The maximum atomic E-state index is 10.7. The van der Waals surface area contributed by atoms with Crippen LogP contribution in [0, 0.1) is 10.1 Å². The highest BCUT2D eigenvalue weighted by Crippen LogP contribution is 2.22. The summed E-state index contributed by atoms with van der Waals surface area (Å²) in [5.41, 5.74) is 0.960. The Kier molecular flexibility index (Phi) is 5.44. The third-order valence-electron chi connectivity index (χ3n) is 2.78. The molecule has 7 nitrogen and oxygen atoms in total. The van der Waals surface area contributed by atoms with Crippen LogP contribution in [0.3, 0.4) is 0 Å². The Bertz CT molecular complexity index is 603. The molecule has 0 aliphatic rings. The average molecular weight is 308 g/mol. The van der Waals surface area contributed by atoms with Gasteiger partial charge in [0.15, 0.2) is 5.82 Å². The van der Waals surface area contributed by atoms with Crippen molar-refractivity contribution < 1.29 is 9.66 Å². The van der Waals surface area contributed by atoms with Crippen LogP contribution < -0.4 is 10.1 Å². The van der Waals surface area contributed by atoms with Gasteiger partial charge in [0, 0.05) is 36.5 Å². The van der Waals surface area contributed by atoms with Gasteiger partial charge in [-0.1, -0.05) is 0 Å². The second kappa shape index (κ2) is 7.53. The van der Waals surface area contributed by atoms with Crippen molar-refractivity contribution in [1.29, 1.82) is 0 Å². The summed E-state index contributed by atoms with van der Waals surface area (Å²) >= 11 is 1.68. The lowest BCUT2D eigenvalue weighted by Gasteiger charge is -2.07. The molecular formula is C13H16N4O3S. The number of aromatic nitrogens is 2. The maximum Gasteiger partial charge on any atom is 0.310 e. The summed E-state index contributed by atoms with van der Waals surface area (Å²) < 4.78 is 5.23. The number of pyridine rings is 1. The first-order valence-corrected chi connectivity index (χ1v) is 7.49. The second-order valence-corrected chi connectivity index (χ2v) is 5.23. The number of thioether (sulfide) groups is 1. The summed E-state index contributed by atoms with van der Waals surface area (Å²) in [6.45, 7) is 0.626. The van der Waals surface area contributed by atoms with E-state index < -0.39 is 4.92 Å². The van der Waals surface area contributed by atoms with Crippen molar-refractivity contribution in [3.8, 4) is 5.75 Å². The van der Waals surface area contributed by atoms with Crippen molar-refractivity contribution in [2.75, 3.05) is 24.7 Å². The van der Waals surface area contributed by atoms with Gasteiger partial charge < -0.3 is 15.0 Å². The van der Waals surface area contributed by atoms with Crippen molar-refractivity contribution >= 4 is 23.3 Å². The molecule has 0 unspecified atom stereocenters. The molecule has 0 atom stereocenters. The first-order valence-electron chi connectivity index (χ1n) is 6.33. The molecule has 112 valence electrons. The van der Waals surface area contributed by atoms with E-state index in [0.29, 0.717) is 12.4 Å². The fraction of sp³-hybridized carbons (Fsp3) is 0.308. The predicted octanol–water partition coefficient (Wildman–Crippen LogP) is 2.67. The number of aromatic amines is 1. The minimum atomic E-state index is -0.412. The Morgan fingerprint density at radius 1 is 1.52 bits per heavy atom. The van der Waals surface area contributed by atoms with Gasteiger partial charge in [0.1, 0.15) is 5.75 Å². The first kappa shape index (κ1) is 15.2. The SMILES string of the molecule is COc1cccnc1CSCCNc1[nH]ccc1[N+](=O)[O-]. The van der Waals surface area contributed by atoms with Gasteiger partial charge in [-0.15, -0.1) is 0 Å². The zero-order valence-electron chi connectivity index (χ0n) is 11.5. The number of nitro groups is 1. The Labute approximate surface area is 126 Å².